The van der Waals surface area contributed by atoms with Crippen molar-refractivity contribution >= 4 is 41.0 Å². The molecule has 0 spiro atoms. The van der Waals surface area contributed by atoms with Crippen molar-refractivity contribution in [2.45, 2.75) is 26.1 Å². The number of alkyl halides is 3. The number of benzene rings is 2. The van der Waals surface area contributed by atoms with E-state index in [2.05, 4.69) is 20.6 Å². The summed E-state index contributed by atoms with van der Waals surface area (Å²) in [6.45, 7) is 3.15. The fourth-order valence-corrected chi connectivity index (χ4v) is 2.66. The van der Waals surface area contributed by atoms with E-state index >= 15 is 0 Å². The van der Waals surface area contributed by atoms with Crippen LogP contribution in [0.25, 0.3) is 11.0 Å². The minimum Gasteiger partial charge on any atom is -0.349 e. The third-order valence-corrected chi connectivity index (χ3v) is 3.89. The Morgan fingerprint density at radius 1 is 1.19 bits per heavy atom. The fraction of sp³-hybridized carbons (Fsp3) is 0.222. The monoisotopic (exact) mass is 398 g/mol. The second-order valence-corrected chi connectivity index (χ2v) is 5.96. The van der Waals surface area contributed by atoms with Gasteiger partial charge in [0.2, 0.25) is 11.9 Å². The molecule has 144 valence electrons. The van der Waals surface area contributed by atoms with Crippen molar-refractivity contribution in [2.24, 2.45) is 0 Å². The molecule has 27 heavy (non-hydrogen) atoms. The molecule has 3 aromatic rings. The molecule has 0 aliphatic carbocycles. The van der Waals surface area contributed by atoms with Crippen LogP contribution in [0.5, 0.6) is 0 Å². The predicted octanol–water partition coefficient (Wildman–Crippen LogP) is 5.14. The number of anilines is 2. The molecule has 1 atom stereocenters. The number of nitrogens with zero attached hydrogens (tertiary/aromatic N) is 1. The van der Waals surface area contributed by atoms with Gasteiger partial charge in [0.05, 0.1) is 22.8 Å². The van der Waals surface area contributed by atoms with Gasteiger partial charge in [0.25, 0.3) is 0 Å². The Kier molecular flexibility index (Phi) is 6.00. The van der Waals surface area contributed by atoms with Crippen LogP contribution in [0.15, 0.2) is 42.5 Å². The number of fused-ring (bicyclic) bond motifs is 1. The van der Waals surface area contributed by atoms with Gasteiger partial charge in [-0.05, 0) is 36.8 Å². The summed E-state index contributed by atoms with van der Waals surface area (Å²) in [6, 6.07) is 10.1. The van der Waals surface area contributed by atoms with E-state index in [9.17, 15) is 18.0 Å². The van der Waals surface area contributed by atoms with Crippen LogP contribution in [0, 0.1) is 0 Å². The number of para-hydroxylation sites is 1. The highest BCUT2D eigenvalue weighted by molar-refractivity contribution is 5.99. The number of halogens is 4. The highest BCUT2D eigenvalue weighted by Crippen LogP contribution is 2.31. The van der Waals surface area contributed by atoms with Crippen LogP contribution < -0.4 is 10.6 Å². The van der Waals surface area contributed by atoms with Gasteiger partial charge in [0, 0.05) is 6.92 Å². The van der Waals surface area contributed by atoms with Crippen LogP contribution in [-0.4, -0.2) is 15.9 Å². The first kappa shape index (κ1) is 20.6. The zero-order valence-corrected chi connectivity index (χ0v) is 15.3. The van der Waals surface area contributed by atoms with Crippen LogP contribution >= 0.6 is 12.4 Å². The predicted molar refractivity (Wildman–Crippen MR) is 101 cm³/mol. The minimum absolute atomic E-state index is 0. The van der Waals surface area contributed by atoms with E-state index in [-0.39, 0.29) is 18.3 Å². The average Bonchev–Trinajstić information content (AvgIpc) is 2.97. The first-order chi connectivity index (χ1) is 12.2. The largest absolute Gasteiger partial charge is 0.416 e. The molecule has 9 heteroatoms. The molecule has 0 fully saturated rings. The molecule has 0 aliphatic rings. The summed E-state index contributed by atoms with van der Waals surface area (Å²) >= 11 is 0. The first-order valence-corrected chi connectivity index (χ1v) is 7.94. The fourth-order valence-electron chi connectivity index (χ4n) is 2.66. The molecule has 3 N–H and O–H groups in total. The number of aromatic amines is 1. The van der Waals surface area contributed by atoms with Crippen molar-refractivity contribution in [1.29, 1.82) is 0 Å². The van der Waals surface area contributed by atoms with E-state index in [4.69, 9.17) is 0 Å². The molecule has 0 unspecified atom stereocenters. The van der Waals surface area contributed by atoms with Gasteiger partial charge in [-0.1, -0.05) is 18.2 Å². The van der Waals surface area contributed by atoms with Crippen molar-refractivity contribution in [3.8, 4) is 0 Å². The average molecular weight is 399 g/mol. The second-order valence-electron chi connectivity index (χ2n) is 5.96. The van der Waals surface area contributed by atoms with Gasteiger partial charge in [0.1, 0.15) is 5.52 Å². The number of rotatable bonds is 4. The van der Waals surface area contributed by atoms with Crippen LogP contribution in [0.4, 0.5) is 24.8 Å². The van der Waals surface area contributed by atoms with Crippen LogP contribution in [0.3, 0.4) is 0 Å². The Hall–Kier alpha value is -2.74. The van der Waals surface area contributed by atoms with Gasteiger partial charge in [-0.2, -0.15) is 13.2 Å². The lowest BCUT2D eigenvalue weighted by Gasteiger charge is -2.15. The van der Waals surface area contributed by atoms with Crippen LogP contribution in [0.2, 0.25) is 0 Å². The quantitative estimate of drug-likeness (QED) is 0.570. The zero-order chi connectivity index (χ0) is 18.9. The zero-order valence-electron chi connectivity index (χ0n) is 14.5. The molecule has 0 radical (unpaired) electrons. The topological polar surface area (TPSA) is 69.8 Å². The standard InChI is InChI=1S/C18H17F3N4O.ClH/c1-10(12-5-3-6-13(9-12)18(19,20)21)22-17-24-15-8-4-7-14(16(15)25-17)23-11(2)26;/h3-10H,1-2H3,(H,23,26)(H2,22,24,25);1H/t10-;/m1./s1. The Labute approximate surface area is 159 Å². The van der Waals surface area contributed by atoms with Crippen molar-refractivity contribution in [1.82, 2.24) is 9.97 Å². The molecular weight excluding hydrogens is 381 g/mol. The molecule has 0 saturated carbocycles. The summed E-state index contributed by atoms with van der Waals surface area (Å²) in [4.78, 5) is 18.7. The molecule has 1 aromatic heterocycles. The van der Waals surface area contributed by atoms with Crippen molar-refractivity contribution in [3.05, 3.63) is 53.6 Å². The van der Waals surface area contributed by atoms with E-state index in [1.807, 2.05) is 0 Å². The van der Waals surface area contributed by atoms with E-state index in [0.717, 1.165) is 12.1 Å². The summed E-state index contributed by atoms with van der Waals surface area (Å²) in [5.41, 5.74) is 1.63. The molecule has 2 aromatic carbocycles. The lowest BCUT2D eigenvalue weighted by molar-refractivity contribution is -0.137. The smallest absolute Gasteiger partial charge is 0.349 e. The molecule has 3 rings (SSSR count). The van der Waals surface area contributed by atoms with Gasteiger partial charge in [-0.15, -0.1) is 12.4 Å². The maximum absolute atomic E-state index is 12.9. The van der Waals surface area contributed by atoms with Crippen LogP contribution in [0.1, 0.15) is 31.0 Å². The van der Waals surface area contributed by atoms with Crippen molar-refractivity contribution in [2.75, 3.05) is 10.6 Å². The van der Waals surface area contributed by atoms with E-state index < -0.39 is 17.8 Å². The Morgan fingerprint density at radius 3 is 2.56 bits per heavy atom. The third-order valence-electron chi connectivity index (χ3n) is 3.89. The third kappa shape index (κ3) is 4.71. The van der Waals surface area contributed by atoms with Crippen molar-refractivity contribution < 1.29 is 18.0 Å². The Balaban J connectivity index is 0.00000261. The number of carbonyl (C=O) groups excluding carboxylic acids is 1. The summed E-state index contributed by atoms with van der Waals surface area (Å²) in [6.07, 6.45) is -4.39. The number of aromatic nitrogens is 2. The lowest BCUT2D eigenvalue weighted by atomic mass is 10.1. The van der Waals surface area contributed by atoms with Gasteiger partial charge >= 0.3 is 6.18 Å². The summed E-state index contributed by atoms with van der Waals surface area (Å²) in [7, 11) is 0. The molecule has 0 saturated heterocycles. The molecule has 5 nitrogen and oxygen atoms in total. The number of carbonyl (C=O) groups is 1. The lowest BCUT2D eigenvalue weighted by Crippen LogP contribution is -2.10. The first-order valence-electron chi connectivity index (χ1n) is 7.94. The Bertz CT molecular complexity index is 955. The summed E-state index contributed by atoms with van der Waals surface area (Å²) in [5.74, 6) is 0.190. The van der Waals surface area contributed by atoms with Gasteiger partial charge in [-0.25, -0.2) is 4.98 Å². The van der Waals surface area contributed by atoms with Crippen molar-refractivity contribution in [3.63, 3.8) is 0 Å². The normalized spacial score (nSPS) is 12.3. The number of imidazole rings is 1. The summed E-state index contributed by atoms with van der Waals surface area (Å²) < 4.78 is 38.6. The highest BCUT2D eigenvalue weighted by atomic mass is 35.5. The molecule has 1 heterocycles. The molecule has 0 aliphatic heterocycles. The van der Waals surface area contributed by atoms with E-state index in [0.29, 0.717) is 28.2 Å². The summed E-state index contributed by atoms with van der Waals surface area (Å²) in [5, 5.41) is 5.76. The van der Waals surface area contributed by atoms with Crippen LogP contribution in [-0.2, 0) is 11.0 Å². The van der Waals surface area contributed by atoms with Gasteiger partial charge in [-0.3, -0.25) is 4.79 Å². The number of nitrogens with one attached hydrogen (secondary N) is 3. The minimum atomic E-state index is -4.39. The molecule has 0 bridgehead atoms. The Morgan fingerprint density at radius 2 is 1.89 bits per heavy atom. The van der Waals surface area contributed by atoms with E-state index in [1.54, 1.807) is 31.2 Å². The van der Waals surface area contributed by atoms with Gasteiger partial charge < -0.3 is 15.6 Å². The van der Waals surface area contributed by atoms with E-state index in [1.165, 1.54) is 13.0 Å². The number of hydrogen-bond acceptors (Lipinski definition) is 3. The maximum Gasteiger partial charge on any atom is 0.416 e. The SMILES string of the molecule is CC(=O)Nc1cccc2[nH]c(N[C@H](C)c3cccc(C(F)(F)F)c3)nc12.Cl. The highest BCUT2D eigenvalue weighted by Gasteiger charge is 2.30. The maximum atomic E-state index is 12.9. The number of hydrogen-bond donors (Lipinski definition) is 3. The molecule has 1 amide bonds. The van der Waals surface area contributed by atoms with Gasteiger partial charge in [0.15, 0.2) is 0 Å². The number of H-pyrrole nitrogens is 1. The molecular formula is C18H18ClF3N4O. The number of amides is 1. The second kappa shape index (κ2) is 7.87.